The van der Waals surface area contributed by atoms with Crippen molar-refractivity contribution >= 4 is 52.3 Å². The van der Waals surface area contributed by atoms with Crippen LogP contribution in [0, 0.1) is 0 Å². The average Bonchev–Trinajstić information content (AvgIpc) is 3.40. The van der Waals surface area contributed by atoms with Crippen LogP contribution >= 0.6 is 11.3 Å². The van der Waals surface area contributed by atoms with Crippen LogP contribution < -0.4 is 5.32 Å². The Hall–Kier alpha value is -2.31. The lowest BCUT2D eigenvalue weighted by molar-refractivity contribution is 0.102. The maximum Gasteiger partial charge on any atom is 0.278 e. The molecule has 0 radical (unpaired) electrons. The molecule has 3 aromatic rings. The second-order valence-electron chi connectivity index (χ2n) is 8.36. The van der Waals surface area contributed by atoms with Crippen LogP contribution in [-0.2, 0) is 32.5 Å². The number of rotatable bonds is 4. The Morgan fingerprint density at radius 1 is 1.25 bits per heavy atom. The van der Waals surface area contributed by atoms with Crippen LogP contribution in [0.4, 0.5) is 5.13 Å². The quantitative estimate of drug-likeness (QED) is 0.590. The third-order valence-corrected chi connectivity index (χ3v) is 9.78. The van der Waals surface area contributed by atoms with Gasteiger partial charge in [0.2, 0.25) is 0 Å². The SMILES string of the molecule is CS(=O)(=O)c1ccc2nc(NC(=O)c3nn([C@@H]4CCS(=O)(=O)C4)c4c3CCCC4)sc2c1. The zero-order chi connectivity index (χ0) is 22.7. The van der Waals surface area contributed by atoms with Gasteiger partial charge in [0.15, 0.2) is 30.5 Å². The molecule has 0 bridgehead atoms. The Bertz CT molecular complexity index is 1450. The molecular formula is C20H22N4O5S3. The summed E-state index contributed by atoms with van der Waals surface area (Å²) in [5.74, 6) is -0.178. The summed E-state index contributed by atoms with van der Waals surface area (Å²) in [5.41, 5.74) is 2.77. The van der Waals surface area contributed by atoms with E-state index < -0.39 is 19.7 Å². The number of carbonyl (C=O) groups is 1. The van der Waals surface area contributed by atoms with Gasteiger partial charge in [-0.3, -0.25) is 14.8 Å². The summed E-state index contributed by atoms with van der Waals surface area (Å²) in [5, 5.41) is 7.73. The molecule has 0 spiro atoms. The van der Waals surface area contributed by atoms with E-state index >= 15 is 0 Å². The molecule has 32 heavy (non-hydrogen) atoms. The highest BCUT2D eigenvalue weighted by molar-refractivity contribution is 7.91. The summed E-state index contributed by atoms with van der Waals surface area (Å²) in [7, 11) is -6.41. The number of amides is 1. The van der Waals surface area contributed by atoms with Crippen LogP contribution in [0.25, 0.3) is 10.2 Å². The summed E-state index contributed by atoms with van der Waals surface area (Å²) in [6.45, 7) is 0. The number of thiazole rings is 1. The van der Waals surface area contributed by atoms with E-state index in [9.17, 15) is 21.6 Å². The molecule has 0 unspecified atom stereocenters. The first-order valence-corrected chi connectivity index (χ1v) is 14.9. The fourth-order valence-corrected chi connectivity index (χ4v) is 7.74. The number of carbonyl (C=O) groups excluding carboxylic acids is 1. The number of nitrogens with one attached hydrogen (secondary N) is 1. The van der Waals surface area contributed by atoms with Gasteiger partial charge >= 0.3 is 0 Å². The van der Waals surface area contributed by atoms with Crippen molar-refractivity contribution in [3.05, 3.63) is 35.2 Å². The third kappa shape index (κ3) is 3.95. The van der Waals surface area contributed by atoms with Gasteiger partial charge in [-0.05, 0) is 50.3 Å². The van der Waals surface area contributed by atoms with E-state index in [0.717, 1.165) is 43.2 Å². The number of hydrogen-bond acceptors (Lipinski definition) is 8. The number of nitrogens with zero attached hydrogens (tertiary/aromatic N) is 3. The molecule has 170 valence electrons. The number of fused-ring (bicyclic) bond motifs is 2. The topological polar surface area (TPSA) is 128 Å². The standard InChI is InChI=1S/C20H22N4O5S3/c1-31(26,27)13-6-7-15-17(10-13)30-20(21-15)22-19(25)18-14-4-2-3-5-16(14)24(23-18)12-8-9-32(28,29)11-12/h6-7,10,12H,2-5,8-9,11H2,1H3,(H,21,22,25)/t12-/m1/s1. The van der Waals surface area contributed by atoms with Gasteiger partial charge in [0.05, 0.1) is 32.7 Å². The van der Waals surface area contributed by atoms with Crippen LogP contribution in [0.3, 0.4) is 0 Å². The fourth-order valence-electron chi connectivity index (χ4n) is 4.42. The van der Waals surface area contributed by atoms with E-state index in [4.69, 9.17) is 0 Å². The maximum atomic E-state index is 13.1. The molecule has 5 rings (SSSR count). The van der Waals surface area contributed by atoms with Crippen LogP contribution in [0.2, 0.25) is 0 Å². The lowest BCUT2D eigenvalue weighted by Crippen LogP contribution is -2.17. The number of benzene rings is 1. The van der Waals surface area contributed by atoms with Gasteiger partial charge in [0.25, 0.3) is 5.91 Å². The van der Waals surface area contributed by atoms with E-state index in [-0.39, 0.29) is 28.4 Å². The average molecular weight is 495 g/mol. The molecule has 1 aliphatic heterocycles. The molecule has 1 atom stereocenters. The van der Waals surface area contributed by atoms with Gasteiger partial charge in [-0.25, -0.2) is 21.8 Å². The zero-order valence-corrected chi connectivity index (χ0v) is 19.8. The van der Waals surface area contributed by atoms with Crippen molar-refractivity contribution in [2.75, 3.05) is 23.1 Å². The van der Waals surface area contributed by atoms with E-state index in [1.807, 2.05) is 0 Å². The smallest absolute Gasteiger partial charge is 0.278 e. The molecule has 1 saturated heterocycles. The lowest BCUT2D eigenvalue weighted by atomic mass is 9.95. The largest absolute Gasteiger partial charge is 0.296 e. The second-order valence-corrected chi connectivity index (χ2v) is 13.6. The summed E-state index contributed by atoms with van der Waals surface area (Å²) in [6, 6.07) is 4.44. The number of sulfone groups is 2. The van der Waals surface area contributed by atoms with Gasteiger partial charge < -0.3 is 0 Å². The van der Waals surface area contributed by atoms with Gasteiger partial charge in [0.1, 0.15) is 0 Å². The van der Waals surface area contributed by atoms with Crippen LogP contribution in [0.15, 0.2) is 23.1 Å². The van der Waals surface area contributed by atoms with Crippen molar-refractivity contribution in [1.29, 1.82) is 0 Å². The predicted octanol–water partition coefficient (Wildman–Crippen LogP) is 2.39. The molecule has 1 fully saturated rings. The van der Waals surface area contributed by atoms with Gasteiger partial charge in [-0.15, -0.1) is 0 Å². The molecule has 3 heterocycles. The van der Waals surface area contributed by atoms with E-state index in [1.54, 1.807) is 16.8 Å². The highest BCUT2D eigenvalue weighted by Crippen LogP contribution is 2.33. The van der Waals surface area contributed by atoms with Crippen molar-refractivity contribution < 1.29 is 21.6 Å². The van der Waals surface area contributed by atoms with E-state index in [1.165, 1.54) is 17.4 Å². The van der Waals surface area contributed by atoms with Crippen molar-refractivity contribution in [1.82, 2.24) is 14.8 Å². The van der Waals surface area contributed by atoms with Gasteiger partial charge in [-0.2, -0.15) is 5.10 Å². The maximum absolute atomic E-state index is 13.1. The Kier molecular flexibility index (Phi) is 5.13. The highest BCUT2D eigenvalue weighted by Gasteiger charge is 2.34. The first-order valence-electron chi connectivity index (χ1n) is 10.3. The van der Waals surface area contributed by atoms with Gasteiger partial charge in [0, 0.05) is 17.5 Å². The van der Waals surface area contributed by atoms with Crippen LogP contribution in [0.1, 0.15) is 47.1 Å². The number of anilines is 1. The first kappa shape index (κ1) is 21.5. The highest BCUT2D eigenvalue weighted by atomic mass is 32.2. The molecule has 1 amide bonds. The van der Waals surface area contributed by atoms with Gasteiger partial charge in [-0.1, -0.05) is 11.3 Å². The second kappa shape index (κ2) is 7.63. The van der Waals surface area contributed by atoms with Crippen molar-refractivity contribution in [2.24, 2.45) is 0 Å². The molecule has 2 aromatic heterocycles. The van der Waals surface area contributed by atoms with Crippen molar-refractivity contribution in [3.8, 4) is 0 Å². The van der Waals surface area contributed by atoms with Crippen molar-refractivity contribution in [3.63, 3.8) is 0 Å². The fraction of sp³-hybridized carbons (Fsp3) is 0.450. The Morgan fingerprint density at radius 2 is 2.03 bits per heavy atom. The molecule has 1 N–H and O–H groups in total. The summed E-state index contributed by atoms with van der Waals surface area (Å²) in [4.78, 5) is 17.7. The minimum absolute atomic E-state index is 0.0583. The number of hydrogen-bond donors (Lipinski definition) is 1. The first-order chi connectivity index (χ1) is 15.1. The Balaban J connectivity index is 1.46. The zero-order valence-electron chi connectivity index (χ0n) is 17.4. The van der Waals surface area contributed by atoms with Crippen LogP contribution in [-0.4, -0.2) is 55.3 Å². The monoisotopic (exact) mass is 494 g/mol. The minimum atomic E-state index is -3.34. The summed E-state index contributed by atoms with van der Waals surface area (Å²) in [6.07, 6.45) is 5.11. The Morgan fingerprint density at radius 3 is 2.75 bits per heavy atom. The van der Waals surface area contributed by atoms with E-state index in [0.29, 0.717) is 27.5 Å². The van der Waals surface area contributed by atoms with E-state index in [2.05, 4.69) is 15.4 Å². The molecule has 0 saturated carbocycles. The molecule has 12 heteroatoms. The number of aromatic nitrogens is 3. The van der Waals surface area contributed by atoms with Crippen molar-refractivity contribution in [2.45, 2.75) is 43.0 Å². The molecule has 9 nitrogen and oxygen atoms in total. The summed E-state index contributed by atoms with van der Waals surface area (Å²) < 4.78 is 50.0. The minimum Gasteiger partial charge on any atom is -0.296 e. The molecular weight excluding hydrogens is 472 g/mol. The predicted molar refractivity (Wildman–Crippen MR) is 122 cm³/mol. The third-order valence-electron chi connectivity index (χ3n) is 5.99. The summed E-state index contributed by atoms with van der Waals surface area (Å²) >= 11 is 1.20. The molecule has 1 aliphatic carbocycles. The normalized spacial score (nSPS) is 20.3. The Labute approximate surface area is 189 Å². The molecule has 2 aliphatic rings. The lowest BCUT2D eigenvalue weighted by Gasteiger charge is -2.17. The molecule has 1 aromatic carbocycles. The van der Waals surface area contributed by atoms with Crippen LogP contribution in [0.5, 0.6) is 0 Å².